The summed E-state index contributed by atoms with van der Waals surface area (Å²) in [6.45, 7) is 5.18. The molecule has 0 amide bonds. The van der Waals surface area contributed by atoms with Gasteiger partial charge in [0.2, 0.25) is 0 Å². The van der Waals surface area contributed by atoms with E-state index in [1.54, 1.807) is 0 Å². The molecule has 0 bridgehead atoms. The molecule has 4 N–H and O–H groups in total. The SMILES string of the molecule is CC(CCO)NC(CN)CC(C)c1ccccc1. The predicted octanol–water partition coefficient (Wildman–Crippen LogP) is 1.87. The van der Waals surface area contributed by atoms with Crippen LogP contribution in [-0.2, 0) is 0 Å². The Morgan fingerprint density at radius 3 is 2.44 bits per heavy atom. The number of aliphatic hydroxyl groups excluding tert-OH is 1. The summed E-state index contributed by atoms with van der Waals surface area (Å²) in [6.07, 6.45) is 1.80. The molecule has 3 nitrogen and oxygen atoms in total. The van der Waals surface area contributed by atoms with Crippen LogP contribution in [0.15, 0.2) is 30.3 Å². The molecule has 0 aliphatic heterocycles. The summed E-state index contributed by atoms with van der Waals surface area (Å²) in [7, 11) is 0. The van der Waals surface area contributed by atoms with Crippen molar-refractivity contribution < 1.29 is 5.11 Å². The normalized spacial score (nSPS) is 16.2. The van der Waals surface area contributed by atoms with E-state index in [4.69, 9.17) is 10.8 Å². The van der Waals surface area contributed by atoms with E-state index in [-0.39, 0.29) is 6.61 Å². The standard InChI is InChI=1S/C15H26N2O/c1-12(14-6-4-3-5-7-14)10-15(11-16)17-13(2)8-9-18/h3-7,12-13,15,17-18H,8-11,16H2,1-2H3. The zero-order valence-corrected chi connectivity index (χ0v) is 11.5. The molecule has 0 aromatic heterocycles. The molecule has 1 aromatic carbocycles. The monoisotopic (exact) mass is 250 g/mol. The van der Waals surface area contributed by atoms with Gasteiger partial charge < -0.3 is 16.2 Å². The third-order valence-corrected chi connectivity index (χ3v) is 3.37. The van der Waals surface area contributed by atoms with E-state index < -0.39 is 0 Å². The van der Waals surface area contributed by atoms with Crippen LogP contribution >= 0.6 is 0 Å². The second-order valence-electron chi connectivity index (χ2n) is 5.06. The van der Waals surface area contributed by atoms with Gasteiger partial charge in [0, 0.05) is 25.2 Å². The van der Waals surface area contributed by atoms with Crippen LogP contribution in [-0.4, -0.2) is 30.3 Å². The molecular weight excluding hydrogens is 224 g/mol. The molecule has 0 radical (unpaired) electrons. The molecule has 3 unspecified atom stereocenters. The van der Waals surface area contributed by atoms with Crippen LogP contribution in [0.25, 0.3) is 0 Å². The lowest BCUT2D eigenvalue weighted by Gasteiger charge is -2.24. The third kappa shape index (κ3) is 5.17. The zero-order chi connectivity index (χ0) is 13.4. The van der Waals surface area contributed by atoms with Gasteiger partial charge in [0.15, 0.2) is 0 Å². The van der Waals surface area contributed by atoms with Crippen molar-refractivity contribution in [1.82, 2.24) is 5.32 Å². The van der Waals surface area contributed by atoms with Crippen molar-refractivity contribution in [1.29, 1.82) is 0 Å². The summed E-state index contributed by atoms with van der Waals surface area (Å²) >= 11 is 0. The van der Waals surface area contributed by atoms with Gasteiger partial charge in [-0.05, 0) is 31.2 Å². The van der Waals surface area contributed by atoms with Gasteiger partial charge in [0.05, 0.1) is 0 Å². The van der Waals surface area contributed by atoms with E-state index in [2.05, 4.69) is 43.4 Å². The van der Waals surface area contributed by atoms with Crippen LogP contribution in [0.4, 0.5) is 0 Å². The Bertz CT molecular complexity index is 316. The highest BCUT2D eigenvalue weighted by Gasteiger charge is 2.15. The molecule has 102 valence electrons. The number of nitrogens with two attached hydrogens (primary N) is 1. The predicted molar refractivity (Wildman–Crippen MR) is 76.6 cm³/mol. The highest BCUT2D eigenvalue weighted by molar-refractivity contribution is 5.18. The average molecular weight is 250 g/mol. The molecule has 1 aromatic rings. The minimum Gasteiger partial charge on any atom is -0.396 e. The Kier molecular flexibility index (Phi) is 6.94. The first kappa shape index (κ1) is 15.2. The first-order chi connectivity index (χ1) is 8.67. The van der Waals surface area contributed by atoms with Crippen molar-refractivity contribution in [2.75, 3.05) is 13.2 Å². The number of nitrogens with one attached hydrogen (secondary N) is 1. The maximum absolute atomic E-state index is 8.91. The van der Waals surface area contributed by atoms with Crippen LogP contribution in [0.5, 0.6) is 0 Å². The number of hydrogen-bond donors (Lipinski definition) is 3. The highest BCUT2D eigenvalue weighted by Crippen LogP contribution is 2.20. The summed E-state index contributed by atoms with van der Waals surface area (Å²) in [5.41, 5.74) is 7.17. The molecule has 1 rings (SSSR count). The maximum Gasteiger partial charge on any atom is 0.0445 e. The summed E-state index contributed by atoms with van der Waals surface area (Å²) in [5, 5.41) is 12.4. The van der Waals surface area contributed by atoms with E-state index in [0.29, 0.717) is 24.5 Å². The molecule has 0 heterocycles. The molecule has 0 aliphatic rings. The van der Waals surface area contributed by atoms with Crippen LogP contribution in [0, 0.1) is 0 Å². The maximum atomic E-state index is 8.91. The average Bonchev–Trinajstić information content (AvgIpc) is 2.39. The van der Waals surface area contributed by atoms with Crippen LogP contribution in [0.3, 0.4) is 0 Å². The van der Waals surface area contributed by atoms with Crippen molar-refractivity contribution in [2.45, 2.75) is 44.7 Å². The van der Waals surface area contributed by atoms with E-state index >= 15 is 0 Å². The van der Waals surface area contributed by atoms with Gasteiger partial charge in [0.1, 0.15) is 0 Å². The summed E-state index contributed by atoms with van der Waals surface area (Å²) in [5.74, 6) is 0.494. The molecule has 3 heteroatoms. The van der Waals surface area contributed by atoms with Gasteiger partial charge >= 0.3 is 0 Å². The molecule has 0 fully saturated rings. The van der Waals surface area contributed by atoms with Crippen molar-refractivity contribution >= 4 is 0 Å². The molecule has 0 spiro atoms. The first-order valence-corrected chi connectivity index (χ1v) is 6.79. The number of aliphatic hydroxyl groups is 1. The molecule has 3 atom stereocenters. The Morgan fingerprint density at radius 2 is 1.89 bits per heavy atom. The first-order valence-electron chi connectivity index (χ1n) is 6.79. The minimum absolute atomic E-state index is 0.222. The largest absolute Gasteiger partial charge is 0.396 e. The van der Waals surface area contributed by atoms with Crippen LogP contribution in [0.1, 0.15) is 38.2 Å². The fraction of sp³-hybridized carbons (Fsp3) is 0.600. The number of hydrogen-bond acceptors (Lipinski definition) is 3. The molecule has 18 heavy (non-hydrogen) atoms. The molecule has 0 saturated heterocycles. The lowest BCUT2D eigenvalue weighted by Crippen LogP contribution is -2.42. The van der Waals surface area contributed by atoms with Crippen molar-refractivity contribution in [2.24, 2.45) is 5.73 Å². The lowest BCUT2D eigenvalue weighted by molar-refractivity contribution is 0.260. The minimum atomic E-state index is 0.222. The summed E-state index contributed by atoms with van der Waals surface area (Å²) in [4.78, 5) is 0. The summed E-state index contributed by atoms with van der Waals surface area (Å²) in [6, 6.07) is 11.1. The van der Waals surface area contributed by atoms with Crippen LogP contribution in [0.2, 0.25) is 0 Å². The van der Waals surface area contributed by atoms with E-state index in [9.17, 15) is 0 Å². The summed E-state index contributed by atoms with van der Waals surface area (Å²) < 4.78 is 0. The Labute approximate surface area is 110 Å². The van der Waals surface area contributed by atoms with Crippen molar-refractivity contribution in [3.63, 3.8) is 0 Å². The fourth-order valence-electron chi connectivity index (χ4n) is 2.26. The van der Waals surface area contributed by atoms with Gasteiger partial charge in [-0.25, -0.2) is 0 Å². The van der Waals surface area contributed by atoms with Gasteiger partial charge in [-0.2, -0.15) is 0 Å². The number of rotatable bonds is 8. The Balaban J connectivity index is 2.47. The quantitative estimate of drug-likeness (QED) is 0.660. The van der Waals surface area contributed by atoms with Crippen molar-refractivity contribution in [3.05, 3.63) is 35.9 Å². The van der Waals surface area contributed by atoms with Gasteiger partial charge in [-0.1, -0.05) is 37.3 Å². The van der Waals surface area contributed by atoms with Gasteiger partial charge in [0.25, 0.3) is 0 Å². The Morgan fingerprint density at radius 1 is 1.22 bits per heavy atom. The topological polar surface area (TPSA) is 58.3 Å². The zero-order valence-electron chi connectivity index (χ0n) is 11.5. The number of benzene rings is 1. The second-order valence-corrected chi connectivity index (χ2v) is 5.06. The van der Waals surface area contributed by atoms with E-state index in [1.807, 2.05) is 6.07 Å². The Hall–Kier alpha value is -0.900. The molecule has 0 saturated carbocycles. The molecular formula is C15H26N2O. The molecule has 0 aliphatic carbocycles. The highest BCUT2D eigenvalue weighted by atomic mass is 16.3. The fourth-order valence-corrected chi connectivity index (χ4v) is 2.26. The van der Waals surface area contributed by atoms with Crippen molar-refractivity contribution in [3.8, 4) is 0 Å². The van der Waals surface area contributed by atoms with Gasteiger partial charge in [-0.15, -0.1) is 0 Å². The van der Waals surface area contributed by atoms with Gasteiger partial charge in [-0.3, -0.25) is 0 Å². The second kappa shape index (κ2) is 8.25. The van der Waals surface area contributed by atoms with E-state index in [0.717, 1.165) is 12.8 Å². The third-order valence-electron chi connectivity index (χ3n) is 3.37. The smallest absolute Gasteiger partial charge is 0.0445 e. The van der Waals surface area contributed by atoms with Crippen LogP contribution < -0.4 is 11.1 Å². The lowest BCUT2D eigenvalue weighted by atomic mass is 9.93. The van der Waals surface area contributed by atoms with E-state index in [1.165, 1.54) is 5.56 Å².